The number of carbonyl (C=O) groups excluding carboxylic acids is 1. The lowest BCUT2D eigenvalue weighted by atomic mass is 10.1. The van der Waals surface area contributed by atoms with Gasteiger partial charge in [-0.05, 0) is 30.7 Å². The summed E-state index contributed by atoms with van der Waals surface area (Å²) >= 11 is 0. The third-order valence-corrected chi connectivity index (χ3v) is 2.76. The molecule has 0 bridgehead atoms. The number of amides is 1. The lowest BCUT2D eigenvalue weighted by Gasteiger charge is -2.10. The predicted octanol–water partition coefficient (Wildman–Crippen LogP) is 2.19. The molecule has 4 nitrogen and oxygen atoms in total. The summed E-state index contributed by atoms with van der Waals surface area (Å²) in [7, 11) is 0. The molecule has 2 N–H and O–H groups in total. The van der Waals surface area contributed by atoms with E-state index in [0.29, 0.717) is 11.3 Å². The lowest BCUT2D eigenvalue weighted by Crippen LogP contribution is -2.29. The zero-order valence-corrected chi connectivity index (χ0v) is 10.4. The van der Waals surface area contributed by atoms with Gasteiger partial charge in [0.2, 0.25) is 0 Å². The first kappa shape index (κ1) is 13.3. The van der Waals surface area contributed by atoms with Crippen LogP contribution in [0.2, 0.25) is 0 Å². The first-order valence-electron chi connectivity index (χ1n) is 5.84. The molecule has 5 heteroatoms. The number of furan rings is 1. The Bertz CT molecular complexity index is 566. The Hall–Kier alpha value is -2.14. The zero-order chi connectivity index (χ0) is 13.8. The summed E-state index contributed by atoms with van der Waals surface area (Å²) in [5, 5.41) is 12.2. The highest BCUT2D eigenvalue weighted by atomic mass is 19.1. The standard InChI is InChI=1S/C14H14FNO3/c1-9-4-2-5-10(13(9)15)14(18)16-8-11(17)12-6-3-7-19-12/h2-7,11,17H,8H2,1H3,(H,16,18). The molecule has 0 aliphatic heterocycles. The number of hydrogen-bond acceptors (Lipinski definition) is 3. The van der Waals surface area contributed by atoms with Crippen LogP contribution in [0, 0.1) is 12.7 Å². The molecule has 1 atom stereocenters. The summed E-state index contributed by atoms with van der Waals surface area (Å²) in [5.74, 6) is -0.760. The molecular weight excluding hydrogens is 249 g/mol. The van der Waals surface area contributed by atoms with Crippen LogP contribution in [0.1, 0.15) is 27.8 Å². The highest BCUT2D eigenvalue weighted by Crippen LogP contribution is 2.14. The van der Waals surface area contributed by atoms with Crippen LogP contribution < -0.4 is 5.32 Å². The largest absolute Gasteiger partial charge is 0.467 e. The van der Waals surface area contributed by atoms with Crippen molar-refractivity contribution >= 4 is 5.91 Å². The molecule has 2 aromatic rings. The van der Waals surface area contributed by atoms with Gasteiger partial charge in [0, 0.05) is 0 Å². The second kappa shape index (κ2) is 5.67. The molecule has 0 saturated carbocycles. The van der Waals surface area contributed by atoms with Gasteiger partial charge in [-0.1, -0.05) is 12.1 Å². The molecule has 1 aromatic carbocycles. The minimum Gasteiger partial charge on any atom is -0.467 e. The minimum absolute atomic E-state index is 0.0355. The molecule has 100 valence electrons. The average molecular weight is 263 g/mol. The maximum absolute atomic E-state index is 13.7. The van der Waals surface area contributed by atoms with Gasteiger partial charge in [0.15, 0.2) is 0 Å². The fourth-order valence-corrected chi connectivity index (χ4v) is 1.69. The van der Waals surface area contributed by atoms with Crippen LogP contribution in [0.5, 0.6) is 0 Å². The van der Waals surface area contributed by atoms with Crippen LogP contribution in [-0.2, 0) is 0 Å². The van der Waals surface area contributed by atoms with Gasteiger partial charge >= 0.3 is 0 Å². The first-order valence-corrected chi connectivity index (χ1v) is 5.84. The number of aliphatic hydroxyl groups excluding tert-OH is 1. The Morgan fingerprint density at radius 1 is 1.42 bits per heavy atom. The van der Waals surface area contributed by atoms with Crippen LogP contribution in [0.3, 0.4) is 0 Å². The summed E-state index contributed by atoms with van der Waals surface area (Å²) in [6, 6.07) is 7.84. The Morgan fingerprint density at radius 2 is 2.21 bits per heavy atom. The van der Waals surface area contributed by atoms with E-state index in [1.54, 1.807) is 31.2 Å². The Balaban J connectivity index is 2.00. The van der Waals surface area contributed by atoms with Crippen molar-refractivity contribution in [3.8, 4) is 0 Å². The van der Waals surface area contributed by atoms with Crippen LogP contribution >= 0.6 is 0 Å². The zero-order valence-electron chi connectivity index (χ0n) is 10.4. The van der Waals surface area contributed by atoms with E-state index in [-0.39, 0.29) is 12.1 Å². The van der Waals surface area contributed by atoms with Crippen LogP contribution in [-0.4, -0.2) is 17.6 Å². The summed E-state index contributed by atoms with van der Waals surface area (Å²) in [6.45, 7) is 1.55. The number of halogens is 1. The van der Waals surface area contributed by atoms with Gasteiger partial charge in [-0.2, -0.15) is 0 Å². The van der Waals surface area contributed by atoms with Gasteiger partial charge in [0.25, 0.3) is 5.91 Å². The smallest absolute Gasteiger partial charge is 0.254 e. The number of nitrogens with one attached hydrogen (secondary N) is 1. The highest BCUT2D eigenvalue weighted by molar-refractivity contribution is 5.94. The number of rotatable bonds is 4. The summed E-state index contributed by atoms with van der Waals surface area (Å²) in [4.78, 5) is 11.8. The van der Waals surface area contributed by atoms with E-state index in [1.165, 1.54) is 12.3 Å². The maximum atomic E-state index is 13.7. The van der Waals surface area contributed by atoms with E-state index in [0.717, 1.165) is 0 Å². The first-order chi connectivity index (χ1) is 9.09. The van der Waals surface area contributed by atoms with Crippen LogP contribution in [0.4, 0.5) is 4.39 Å². The molecule has 0 radical (unpaired) electrons. The average Bonchev–Trinajstić information content (AvgIpc) is 2.93. The van der Waals surface area contributed by atoms with Gasteiger partial charge in [0.1, 0.15) is 17.7 Å². The van der Waals surface area contributed by atoms with Gasteiger partial charge in [-0.25, -0.2) is 4.39 Å². The molecule has 2 rings (SSSR count). The molecule has 0 saturated heterocycles. The highest BCUT2D eigenvalue weighted by Gasteiger charge is 2.16. The second-order valence-corrected chi connectivity index (χ2v) is 4.18. The van der Waals surface area contributed by atoms with Crippen molar-refractivity contribution in [3.63, 3.8) is 0 Å². The predicted molar refractivity (Wildman–Crippen MR) is 67.1 cm³/mol. The van der Waals surface area contributed by atoms with Crippen molar-refractivity contribution in [2.75, 3.05) is 6.54 Å². The molecule has 19 heavy (non-hydrogen) atoms. The number of benzene rings is 1. The van der Waals surface area contributed by atoms with Crippen LogP contribution in [0.15, 0.2) is 41.0 Å². The topological polar surface area (TPSA) is 62.5 Å². The Morgan fingerprint density at radius 3 is 2.89 bits per heavy atom. The Labute approximate surface area is 109 Å². The van der Waals surface area contributed by atoms with Crippen molar-refractivity contribution in [2.45, 2.75) is 13.0 Å². The number of aliphatic hydroxyl groups is 1. The quantitative estimate of drug-likeness (QED) is 0.888. The maximum Gasteiger partial charge on any atom is 0.254 e. The fourth-order valence-electron chi connectivity index (χ4n) is 1.69. The summed E-state index contributed by atoms with van der Waals surface area (Å²) < 4.78 is 18.7. The number of carbonyl (C=O) groups is 1. The molecule has 1 unspecified atom stereocenters. The van der Waals surface area contributed by atoms with Gasteiger partial charge in [-0.3, -0.25) is 4.79 Å². The molecule has 0 aliphatic rings. The summed E-state index contributed by atoms with van der Waals surface area (Å²) in [5.41, 5.74) is 0.367. The third kappa shape index (κ3) is 3.00. The molecule has 0 spiro atoms. The monoisotopic (exact) mass is 263 g/mol. The van der Waals surface area contributed by atoms with Crippen molar-refractivity contribution in [1.29, 1.82) is 0 Å². The normalized spacial score (nSPS) is 12.2. The van der Waals surface area contributed by atoms with Crippen LogP contribution in [0.25, 0.3) is 0 Å². The van der Waals surface area contributed by atoms with Crippen molar-refractivity contribution in [3.05, 3.63) is 59.3 Å². The van der Waals surface area contributed by atoms with Crippen molar-refractivity contribution < 1.29 is 18.7 Å². The molecule has 1 aromatic heterocycles. The van der Waals surface area contributed by atoms with E-state index < -0.39 is 17.8 Å². The molecular formula is C14H14FNO3. The minimum atomic E-state index is -0.952. The fraction of sp³-hybridized carbons (Fsp3) is 0.214. The van der Waals surface area contributed by atoms with Gasteiger partial charge in [0.05, 0.1) is 18.4 Å². The third-order valence-electron chi connectivity index (χ3n) is 2.76. The lowest BCUT2D eigenvalue weighted by molar-refractivity contribution is 0.0897. The van der Waals surface area contributed by atoms with Crippen molar-refractivity contribution in [2.24, 2.45) is 0 Å². The SMILES string of the molecule is Cc1cccc(C(=O)NCC(O)c2ccco2)c1F. The van der Waals surface area contributed by atoms with E-state index in [2.05, 4.69) is 5.32 Å². The Kier molecular flexibility index (Phi) is 3.97. The molecule has 1 heterocycles. The molecule has 1 amide bonds. The van der Waals surface area contributed by atoms with E-state index in [9.17, 15) is 14.3 Å². The van der Waals surface area contributed by atoms with Gasteiger partial charge in [-0.15, -0.1) is 0 Å². The van der Waals surface area contributed by atoms with Gasteiger partial charge < -0.3 is 14.8 Å². The van der Waals surface area contributed by atoms with E-state index >= 15 is 0 Å². The molecule has 0 aliphatic carbocycles. The van der Waals surface area contributed by atoms with E-state index in [4.69, 9.17) is 4.42 Å². The number of hydrogen-bond donors (Lipinski definition) is 2. The van der Waals surface area contributed by atoms with E-state index in [1.807, 2.05) is 0 Å². The summed E-state index contributed by atoms with van der Waals surface area (Å²) in [6.07, 6.45) is 0.479. The number of aryl methyl sites for hydroxylation is 1. The van der Waals surface area contributed by atoms with Crippen molar-refractivity contribution in [1.82, 2.24) is 5.32 Å². The second-order valence-electron chi connectivity index (χ2n) is 4.18. The molecule has 0 fully saturated rings.